The van der Waals surface area contributed by atoms with Crippen molar-refractivity contribution in [2.45, 2.75) is 0 Å². The molecule has 0 atom stereocenters. The van der Waals surface area contributed by atoms with Crippen LogP contribution in [0, 0.1) is 0 Å². The monoisotopic (exact) mass is 667 g/mol. The van der Waals surface area contributed by atoms with Gasteiger partial charge in [-0.3, -0.25) is 0 Å². The van der Waals surface area contributed by atoms with Crippen LogP contribution in [0.25, 0.3) is 85.6 Å². The molecule has 0 radical (unpaired) electrons. The minimum absolute atomic E-state index is 0.883. The number of para-hydroxylation sites is 1. The first kappa shape index (κ1) is 28.4. The van der Waals surface area contributed by atoms with E-state index in [1.165, 1.54) is 63.6 Å². The van der Waals surface area contributed by atoms with Gasteiger partial charge in [-0.15, -0.1) is 11.3 Å². The third-order valence-corrected chi connectivity index (χ3v) is 11.6. The second-order valence-electron chi connectivity index (χ2n) is 13.3. The SMILES string of the molecule is c1ccc2c(c1)oc1cccc(N(c3ccc(-c4ccc5c6ccccc6c6ccccc6c5c4)cc3)c3ccc4c(c3)sc3ccccc34)c12. The minimum atomic E-state index is 0.883. The number of thiophene rings is 1. The van der Waals surface area contributed by atoms with Crippen molar-refractivity contribution in [2.75, 3.05) is 4.90 Å². The van der Waals surface area contributed by atoms with Gasteiger partial charge < -0.3 is 9.32 Å². The standard InChI is InChI=1S/C48H29NOS/c1-2-12-36-34(10-1)35-11-3-4-13-37(35)42-28-31(22-26-38(36)42)30-20-23-32(24-21-30)49(33-25-27-40-39-14-6-8-19-46(39)51-47(40)29-33)43-16-9-18-45-48(43)41-15-5-7-17-44(41)50-45/h1-29H. The molecule has 0 amide bonds. The molecule has 0 saturated heterocycles. The van der Waals surface area contributed by atoms with E-state index in [1.807, 2.05) is 17.4 Å². The lowest BCUT2D eigenvalue weighted by Crippen LogP contribution is -2.10. The van der Waals surface area contributed by atoms with E-state index in [0.717, 1.165) is 39.0 Å². The highest BCUT2D eigenvalue weighted by molar-refractivity contribution is 7.25. The molecule has 0 spiro atoms. The molecule has 0 bridgehead atoms. The van der Waals surface area contributed by atoms with Gasteiger partial charge in [-0.1, -0.05) is 121 Å². The van der Waals surface area contributed by atoms with Crippen molar-refractivity contribution in [1.82, 2.24) is 0 Å². The molecule has 0 saturated carbocycles. The van der Waals surface area contributed by atoms with Gasteiger partial charge in [0.1, 0.15) is 11.2 Å². The molecule has 0 fully saturated rings. The van der Waals surface area contributed by atoms with Gasteiger partial charge in [-0.25, -0.2) is 0 Å². The Labute approximate surface area is 298 Å². The molecular weight excluding hydrogens is 639 g/mol. The Morgan fingerprint density at radius 3 is 1.67 bits per heavy atom. The molecule has 0 aliphatic rings. The second-order valence-corrected chi connectivity index (χ2v) is 14.3. The first-order valence-electron chi connectivity index (χ1n) is 17.3. The van der Waals surface area contributed by atoms with Crippen LogP contribution < -0.4 is 4.90 Å². The summed E-state index contributed by atoms with van der Waals surface area (Å²) in [5.74, 6) is 0. The average molecular weight is 668 g/mol. The molecule has 2 nitrogen and oxygen atoms in total. The maximum absolute atomic E-state index is 6.37. The summed E-state index contributed by atoms with van der Waals surface area (Å²) in [5.41, 5.74) is 7.47. The number of hydrogen-bond donors (Lipinski definition) is 0. The van der Waals surface area contributed by atoms with Gasteiger partial charge in [-0.2, -0.15) is 0 Å². The van der Waals surface area contributed by atoms with Crippen LogP contribution in [0.1, 0.15) is 0 Å². The molecule has 11 aromatic rings. The summed E-state index contributed by atoms with van der Waals surface area (Å²) in [7, 11) is 0. The van der Waals surface area contributed by atoms with E-state index < -0.39 is 0 Å². The third-order valence-electron chi connectivity index (χ3n) is 10.4. The van der Waals surface area contributed by atoms with Crippen LogP contribution in [0.4, 0.5) is 17.1 Å². The molecule has 0 N–H and O–H groups in total. The Morgan fingerprint density at radius 1 is 0.353 bits per heavy atom. The second kappa shape index (κ2) is 11.0. The molecule has 11 rings (SSSR count). The summed E-state index contributed by atoms with van der Waals surface area (Å²) in [6, 6.07) is 63.8. The van der Waals surface area contributed by atoms with Crippen molar-refractivity contribution in [3.63, 3.8) is 0 Å². The van der Waals surface area contributed by atoms with Crippen molar-refractivity contribution in [3.05, 3.63) is 176 Å². The zero-order valence-electron chi connectivity index (χ0n) is 27.5. The summed E-state index contributed by atoms with van der Waals surface area (Å²) < 4.78 is 8.95. The van der Waals surface area contributed by atoms with Crippen LogP contribution in [0.15, 0.2) is 180 Å². The van der Waals surface area contributed by atoms with Gasteiger partial charge in [0.2, 0.25) is 0 Å². The zero-order chi connectivity index (χ0) is 33.5. The van der Waals surface area contributed by atoms with Crippen LogP contribution in [0.3, 0.4) is 0 Å². The number of nitrogens with zero attached hydrogens (tertiary/aromatic N) is 1. The maximum atomic E-state index is 6.37. The normalized spacial score (nSPS) is 11.9. The van der Waals surface area contributed by atoms with Gasteiger partial charge in [-0.05, 0) is 98.0 Å². The molecule has 0 unspecified atom stereocenters. The summed E-state index contributed by atoms with van der Waals surface area (Å²) >= 11 is 1.85. The third kappa shape index (κ3) is 4.35. The number of fused-ring (bicyclic) bond motifs is 12. The minimum Gasteiger partial charge on any atom is -0.456 e. The largest absolute Gasteiger partial charge is 0.456 e. The summed E-state index contributed by atoms with van der Waals surface area (Å²) in [5, 5.41) is 12.6. The van der Waals surface area contributed by atoms with E-state index in [2.05, 4.69) is 175 Å². The molecule has 2 aromatic heterocycles. The van der Waals surface area contributed by atoms with Crippen LogP contribution >= 0.6 is 11.3 Å². The number of benzene rings is 9. The molecule has 0 aliphatic heterocycles. The number of anilines is 3. The Bertz CT molecular complexity index is 3110. The van der Waals surface area contributed by atoms with E-state index in [-0.39, 0.29) is 0 Å². The van der Waals surface area contributed by atoms with Gasteiger partial charge in [0.25, 0.3) is 0 Å². The molecule has 51 heavy (non-hydrogen) atoms. The molecule has 9 aromatic carbocycles. The predicted molar refractivity (Wildman–Crippen MR) is 219 cm³/mol. The fourth-order valence-corrected chi connectivity index (χ4v) is 9.25. The number of rotatable bonds is 4. The first-order valence-corrected chi connectivity index (χ1v) is 18.2. The van der Waals surface area contributed by atoms with Crippen molar-refractivity contribution >= 4 is 103 Å². The van der Waals surface area contributed by atoms with Gasteiger partial charge in [0.15, 0.2) is 0 Å². The van der Waals surface area contributed by atoms with Gasteiger partial charge in [0.05, 0.1) is 11.1 Å². The van der Waals surface area contributed by atoms with E-state index >= 15 is 0 Å². The van der Waals surface area contributed by atoms with Crippen LogP contribution in [-0.4, -0.2) is 0 Å². The smallest absolute Gasteiger partial charge is 0.137 e. The van der Waals surface area contributed by atoms with Crippen molar-refractivity contribution in [1.29, 1.82) is 0 Å². The topological polar surface area (TPSA) is 16.4 Å². The highest BCUT2D eigenvalue weighted by Crippen LogP contribution is 2.45. The Morgan fingerprint density at radius 2 is 0.902 bits per heavy atom. The quantitative estimate of drug-likeness (QED) is 0.174. The molecular formula is C48H29NOS. The molecule has 0 aliphatic carbocycles. The van der Waals surface area contributed by atoms with Gasteiger partial charge >= 0.3 is 0 Å². The van der Waals surface area contributed by atoms with Crippen LogP contribution in [0.5, 0.6) is 0 Å². The average Bonchev–Trinajstić information content (AvgIpc) is 3.77. The molecule has 3 heteroatoms. The summed E-state index contributed by atoms with van der Waals surface area (Å²) in [4.78, 5) is 2.39. The Balaban J connectivity index is 1.09. The van der Waals surface area contributed by atoms with Crippen molar-refractivity contribution in [2.24, 2.45) is 0 Å². The summed E-state index contributed by atoms with van der Waals surface area (Å²) in [6.07, 6.45) is 0. The zero-order valence-corrected chi connectivity index (χ0v) is 28.3. The maximum Gasteiger partial charge on any atom is 0.137 e. The lowest BCUT2D eigenvalue weighted by atomic mass is 9.92. The van der Waals surface area contributed by atoms with Crippen molar-refractivity contribution in [3.8, 4) is 11.1 Å². The van der Waals surface area contributed by atoms with E-state index in [1.54, 1.807) is 0 Å². The first-order chi connectivity index (χ1) is 25.3. The number of hydrogen-bond acceptors (Lipinski definition) is 3. The van der Waals surface area contributed by atoms with E-state index in [9.17, 15) is 0 Å². The highest BCUT2D eigenvalue weighted by Gasteiger charge is 2.20. The van der Waals surface area contributed by atoms with Gasteiger partial charge in [0, 0.05) is 36.9 Å². The predicted octanol–water partition coefficient (Wildman–Crippen LogP) is 14.6. The lowest BCUT2D eigenvalue weighted by Gasteiger charge is -2.26. The van der Waals surface area contributed by atoms with Crippen LogP contribution in [-0.2, 0) is 0 Å². The lowest BCUT2D eigenvalue weighted by molar-refractivity contribution is 0.669. The fourth-order valence-electron chi connectivity index (χ4n) is 8.11. The van der Waals surface area contributed by atoms with Crippen LogP contribution in [0.2, 0.25) is 0 Å². The molecule has 2 heterocycles. The number of furan rings is 1. The summed E-state index contributed by atoms with van der Waals surface area (Å²) in [6.45, 7) is 0. The molecule has 238 valence electrons. The van der Waals surface area contributed by atoms with E-state index in [4.69, 9.17) is 4.42 Å². The van der Waals surface area contributed by atoms with Crippen molar-refractivity contribution < 1.29 is 4.42 Å². The Kier molecular flexibility index (Phi) is 6.16. The highest BCUT2D eigenvalue weighted by atomic mass is 32.1. The fraction of sp³-hybridized carbons (Fsp3) is 0. The Hall–Kier alpha value is -6.42. The van der Waals surface area contributed by atoms with E-state index in [0.29, 0.717) is 0 Å².